The van der Waals surface area contributed by atoms with Crippen molar-refractivity contribution in [2.45, 2.75) is 19.3 Å². The van der Waals surface area contributed by atoms with E-state index in [1.807, 2.05) is 38.1 Å². The Morgan fingerprint density at radius 2 is 1.69 bits per heavy atom. The van der Waals surface area contributed by atoms with Gasteiger partial charge in [0, 0.05) is 23.2 Å². The summed E-state index contributed by atoms with van der Waals surface area (Å²) in [6.45, 7) is 4.51. The molecule has 0 aliphatic carbocycles. The summed E-state index contributed by atoms with van der Waals surface area (Å²) in [5.41, 5.74) is 2.14. The minimum atomic E-state index is -0.554. The van der Waals surface area contributed by atoms with Gasteiger partial charge < -0.3 is 14.2 Å². The lowest BCUT2D eigenvalue weighted by molar-refractivity contribution is 0.633. The van der Waals surface area contributed by atoms with Gasteiger partial charge in [0.25, 0.3) is 0 Å². The van der Waals surface area contributed by atoms with E-state index < -0.39 is 5.44 Å². The van der Waals surface area contributed by atoms with Crippen molar-refractivity contribution in [3.8, 4) is 0 Å². The van der Waals surface area contributed by atoms with Gasteiger partial charge in [-0.25, -0.2) is 9.97 Å². The number of anilines is 3. The molecule has 2 radical (unpaired) electrons. The van der Waals surface area contributed by atoms with Gasteiger partial charge in [0.1, 0.15) is 13.4 Å². The number of hydrogen-bond donors (Lipinski definition) is 0. The molecule has 4 aromatic rings. The molecule has 0 amide bonds. The molecule has 26 heavy (non-hydrogen) atoms. The van der Waals surface area contributed by atoms with E-state index in [-0.39, 0.29) is 0 Å². The third-order valence-corrected chi connectivity index (χ3v) is 4.82. The number of rotatable bonds is 2. The summed E-state index contributed by atoms with van der Waals surface area (Å²) >= 11 is 0. The van der Waals surface area contributed by atoms with Crippen LogP contribution in [0.5, 0.6) is 0 Å². The van der Waals surface area contributed by atoms with Crippen molar-refractivity contribution < 1.29 is 4.42 Å². The topological polar surface area (TPSA) is 45.4 Å². The van der Waals surface area contributed by atoms with Crippen LogP contribution in [0.2, 0.25) is 0 Å². The van der Waals surface area contributed by atoms with E-state index in [0.29, 0.717) is 6.67 Å². The number of furan rings is 1. The molecule has 0 N–H and O–H groups in total. The van der Waals surface area contributed by atoms with Crippen LogP contribution in [-0.4, -0.2) is 29.9 Å². The van der Waals surface area contributed by atoms with Crippen LogP contribution < -0.4 is 9.80 Å². The molecular formula is C20H17BN4O. The van der Waals surface area contributed by atoms with Crippen molar-refractivity contribution in [3.05, 3.63) is 54.9 Å². The molecule has 0 atom stereocenters. The Bertz CT molecular complexity index is 1130. The summed E-state index contributed by atoms with van der Waals surface area (Å²) in [4.78, 5) is 13.2. The van der Waals surface area contributed by atoms with E-state index in [0.717, 1.165) is 39.3 Å². The quantitative estimate of drug-likeness (QED) is 0.512. The molecule has 2 aromatic carbocycles. The second-order valence-corrected chi connectivity index (χ2v) is 7.11. The molecule has 126 valence electrons. The van der Waals surface area contributed by atoms with Gasteiger partial charge in [-0.15, -0.1) is 0 Å². The van der Waals surface area contributed by atoms with Gasteiger partial charge in [-0.2, -0.15) is 0 Å². The van der Waals surface area contributed by atoms with Crippen LogP contribution in [0.25, 0.3) is 21.9 Å². The summed E-state index contributed by atoms with van der Waals surface area (Å²) in [6.07, 6.45) is 3.40. The van der Waals surface area contributed by atoms with E-state index in [4.69, 9.17) is 12.3 Å². The maximum Gasteiger partial charge on any atom is 0.178 e. The van der Waals surface area contributed by atoms with E-state index in [2.05, 4.69) is 38.0 Å². The summed E-state index contributed by atoms with van der Waals surface area (Å²) < 4.78 is 6.19. The predicted octanol–water partition coefficient (Wildman–Crippen LogP) is 4.20. The Balaban J connectivity index is 1.74. The molecule has 2 aromatic heterocycles. The summed E-state index contributed by atoms with van der Waals surface area (Å²) in [5, 5.41) is 2.20. The molecule has 0 fully saturated rings. The predicted molar refractivity (Wildman–Crippen MR) is 105 cm³/mol. The van der Waals surface area contributed by atoms with Crippen LogP contribution in [0.4, 0.5) is 17.3 Å². The minimum absolute atomic E-state index is 0.554. The van der Waals surface area contributed by atoms with Crippen molar-refractivity contribution in [2.75, 3.05) is 16.5 Å². The van der Waals surface area contributed by atoms with Crippen molar-refractivity contribution in [1.29, 1.82) is 0 Å². The second-order valence-electron chi connectivity index (χ2n) is 7.11. The zero-order valence-electron chi connectivity index (χ0n) is 14.7. The zero-order chi connectivity index (χ0) is 17.9. The van der Waals surface area contributed by atoms with Crippen molar-refractivity contribution in [3.63, 3.8) is 0 Å². The van der Waals surface area contributed by atoms with Crippen molar-refractivity contribution >= 4 is 47.1 Å². The van der Waals surface area contributed by atoms with Gasteiger partial charge in [-0.1, -0.05) is 44.2 Å². The first-order valence-corrected chi connectivity index (χ1v) is 8.59. The van der Waals surface area contributed by atoms with Crippen LogP contribution in [-0.2, 0) is 0 Å². The first-order valence-electron chi connectivity index (χ1n) is 8.59. The zero-order valence-corrected chi connectivity index (χ0v) is 14.7. The van der Waals surface area contributed by atoms with E-state index >= 15 is 0 Å². The molecule has 1 aliphatic rings. The highest BCUT2D eigenvalue weighted by molar-refractivity contribution is 6.17. The summed E-state index contributed by atoms with van der Waals surface area (Å²) in [5.74, 6) is 1.58. The highest BCUT2D eigenvalue weighted by Gasteiger charge is 2.36. The Morgan fingerprint density at radius 3 is 2.50 bits per heavy atom. The maximum atomic E-state index is 6.38. The van der Waals surface area contributed by atoms with E-state index in [1.165, 1.54) is 0 Å². The molecule has 0 spiro atoms. The molecule has 6 heteroatoms. The van der Waals surface area contributed by atoms with Gasteiger partial charge >= 0.3 is 0 Å². The number of para-hydroxylation sites is 2. The number of nitrogens with zero attached hydrogens (tertiary/aromatic N) is 4. The average Bonchev–Trinajstić information content (AvgIpc) is 3.20. The molecule has 0 bridgehead atoms. The maximum absolute atomic E-state index is 6.38. The summed E-state index contributed by atoms with van der Waals surface area (Å²) in [7, 11) is 6.38. The number of fused-ring (bicyclic) bond motifs is 4. The minimum Gasteiger partial charge on any atom is -0.454 e. The first kappa shape index (κ1) is 15.3. The van der Waals surface area contributed by atoms with Gasteiger partial charge in [0.2, 0.25) is 0 Å². The first-order chi connectivity index (χ1) is 12.5. The Kier molecular flexibility index (Phi) is 3.07. The Hall–Kier alpha value is -3.02. The molecule has 3 heterocycles. The fourth-order valence-corrected chi connectivity index (χ4v) is 3.57. The molecule has 1 aliphatic heterocycles. The molecular weight excluding hydrogens is 323 g/mol. The number of hydrogen-bond acceptors (Lipinski definition) is 5. The normalized spacial score (nSPS) is 14.4. The molecule has 0 saturated carbocycles. The monoisotopic (exact) mass is 340 g/mol. The lowest BCUT2D eigenvalue weighted by Crippen LogP contribution is -2.46. The molecule has 5 nitrogen and oxygen atoms in total. The molecule has 0 unspecified atom stereocenters. The van der Waals surface area contributed by atoms with Crippen LogP contribution >= 0.6 is 0 Å². The van der Waals surface area contributed by atoms with Gasteiger partial charge in [-0.3, -0.25) is 0 Å². The lowest BCUT2D eigenvalue weighted by atomic mass is 9.80. The van der Waals surface area contributed by atoms with Crippen molar-refractivity contribution in [2.24, 2.45) is 0 Å². The third-order valence-electron chi connectivity index (χ3n) is 4.82. The van der Waals surface area contributed by atoms with E-state index in [1.54, 1.807) is 12.4 Å². The Morgan fingerprint density at radius 1 is 0.962 bits per heavy atom. The SMILES string of the molecule is [B]C(C)(C)N1CN(c2cccc3c2oc2ccccc23)c2nccnc21. The smallest absolute Gasteiger partial charge is 0.178 e. The van der Waals surface area contributed by atoms with E-state index in [9.17, 15) is 0 Å². The van der Waals surface area contributed by atoms with Crippen LogP contribution in [0, 0.1) is 0 Å². The van der Waals surface area contributed by atoms with Gasteiger partial charge in [-0.05, 0) is 17.6 Å². The van der Waals surface area contributed by atoms with Crippen molar-refractivity contribution in [1.82, 2.24) is 9.97 Å². The average molecular weight is 340 g/mol. The van der Waals surface area contributed by atoms with Gasteiger partial charge in [0.15, 0.2) is 17.2 Å². The Labute approximate surface area is 152 Å². The second kappa shape index (κ2) is 5.24. The highest BCUT2D eigenvalue weighted by Crippen LogP contribution is 2.43. The summed E-state index contributed by atoms with van der Waals surface area (Å²) in [6, 6.07) is 14.3. The molecule has 5 rings (SSSR count). The largest absolute Gasteiger partial charge is 0.454 e. The number of benzene rings is 2. The molecule has 0 saturated heterocycles. The fourth-order valence-electron chi connectivity index (χ4n) is 3.57. The number of aromatic nitrogens is 2. The van der Waals surface area contributed by atoms with Crippen LogP contribution in [0.1, 0.15) is 13.8 Å². The third kappa shape index (κ3) is 2.11. The highest BCUT2D eigenvalue weighted by atomic mass is 16.3. The fraction of sp³-hybridized carbons (Fsp3) is 0.200. The lowest BCUT2D eigenvalue weighted by Gasteiger charge is -2.33. The standard InChI is InChI=1S/C20H17BN4O/c1-20(2,21)25-12-24(18-19(25)23-11-10-22-18)15-8-5-7-14-13-6-3-4-9-16(13)26-17(14)15/h3-11H,12H2,1-2H3. The van der Waals surface area contributed by atoms with Crippen LogP contribution in [0.3, 0.4) is 0 Å². The van der Waals surface area contributed by atoms with Crippen LogP contribution in [0.15, 0.2) is 59.3 Å². The van der Waals surface area contributed by atoms with Gasteiger partial charge in [0.05, 0.1) is 12.4 Å².